The van der Waals surface area contributed by atoms with Gasteiger partial charge in [-0.2, -0.15) is 0 Å². The summed E-state index contributed by atoms with van der Waals surface area (Å²) in [5.41, 5.74) is 5.63. The van der Waals surface area contributed by atoms with E-state index in [0.29, 0.717) is 30.5 Å². The zero-order valence-corrected chi connectivity index (χ0v) is 19.7. The summed E-state index contributed by atoms with van der Waals surface area (Å²) >= 11 is 0. The Kier molecular flexibility index (Phi) is 5.33. The van der Waals surface area contributed by atoms with Gasteiger partial charge < -0.3 is 19.1 Å². The van der Waals surface area contributed by atoms with Gasteiger partial charge in [0, 0.05) is 55.2 Å². The number of methoxy groups -OCH3 is 1. The number of hydrogen-bond acceptors (Lipinski definition) is 4. The summed E-state index contributed by atoms with van der Waals surface area (Å²) in [6, 6.07) is 20.4. The first kappa shape index (κ1) is 21.4. The molecule has 33 heavy (non-hydrogen) atoms. The Balaban J connectivity index is 1.48. The normalized spacial score (nSPS) is 32.4. The summed E-state index contributed by atoms with van der Waals surface area (Å²) < 4.78 is 14.4. The number of aliphatic hydroxyl groups excluding tert-OH is 1. The molecule has 0 aliphatic carbocycles. The zero-order valence-electron chi connectivity index (χ0n) is 19.7. The lowest BCUT2D eigenvalue weighted by Crippen LogP contribution is -2.61. The molecule has 2 aromatic carbocycles. The van der Waals surface area contributed by atoms with Crippen LogP contribution >= 0.6 is 0 Å². The monoisotopic (exact) mass is 446 g/mol. The molecule has 2 bridgehead atoms. The minimum Gasteiger partial charge on any atom is -0.393 e. The van der Waals surface area contributed by atoms with Crippen molar-refractivity contribution >= 4 is 10.9 Å². The molecule has 0 saturated carbocycles. The van der Waals surface area contributed by atoms with Crippen LogP contribution in [0.15, 0.2) is 54.6 Å². The zero-order chi connectivity index (χ0) is 22.7. The molecular formula is C28H34N2O3. The van der Waals surface area contributed by atoms with Crippen LogP contribution in [-0.4, -0.2) is 46.7 Å². The van der Waals surface area contributed by atoms with Crippen molar-refractivity contribution in [2.24, 2.45) is 24.8 Å². The van der Waals surface area contributed by atoms with Crippen molar-refractivity contribution in [3.63, 3.8) is 0 Å². The molecule has 0 spiro atoms. The van der Waals surface area contributed by atoms with Crippen LogP contribution in [0.1, 0.15) is 36.2 Å². The van der Waals surface area contributed by atoms with Crippen LogP contribution in [0.5, 0.6) is 0 Å². The summed E-state index contributed by atoms with van der Waals surface area (Å²) in [5, 5.41) is 12.2. The molecule has 5 nitrogen and oxygen atoms in total. The Morgan fingerprint density at radius 1 is 1.09 bits per heavy atom. The van der Waals surface area contributed by atoms with Crippen molar-refractivity contribution in [2.75, 3.05) is 13.7 Å². The minimum absolute atomic E-state index is 0.00569. The van der Waals surface area contributed by atoms with E-state index in [4.69, 9.17) is 9.47 Å². The molecule has 5 heteroatoms. The van der Waals surface area contributed by atoms with Gasteiger partial charge >= 0.3 is 0 Å². The van der Waals surface area contributed by atoms with Crippen LogP contribution in [0.4, 0.5) is 0 Å². The van der Waals surface area contributed by atoms with E-state index in [0.717, 1.165) is 19.4 Å². The maximum Gasteiger partial charge on any atom is 0.162 e. The topological polar surface area (TPSA) is 46.9 Å². The van der Waals surface area contributed by atoms with E-state index >= 15 is 0 Å². The van der Waals surface area contributed by atoms with E-state index in [-0.39, 0.29) is 12.2 Å². The van der Waals surface area contributed by atoms with Crippen LogP contribution in [0.25, 0.3) is 10.9 Å². The number of fused-ring (bicyclic) bond motifs is 8. The van der Waals surface area contributed by atoms with Gasteiger partial charge in [-0.1, -0.05) is 48.5 Å². The highest BCUT2D eigenvalue weighted by Crippen LogP contribution is 2.54. The van der Waals surface area contributed by atoms with Crippen molar-refractivity contribution in [3.8, 4) is 0 Å². The quantitative estimate of drug-likeness (QED) is 0.650. The molecule has 3 aliphatic heterocycles. The lowest BCUT2D eigenvalue weighted by molar-refractivity contribution is -0.253. The van der Waals surface area contributed by atoms with Gasteiger partial charge in [-0.3, -0.25) is 4.90 Å². The Bertz CT molecular complexity index is 1140. The molecule has 1 N–H and O–H groups in total. The summed E-state index contributed by atoms with van der Waals surface area (Å²) in [6.07, 6.45) is 1.24. The highest BCUT2D eigenvalue weighted by molar-refractivity contribution is 5.86. The molecule has 0 amide bonds. The molecule has 174 valence electrons. The number of piperidine rings is 1. The predicted molar refractivity (Wildman–Crippen MR) is 129 cm³/mol. The molecule has 7 atom stereocenters. The average Bonchev–Trinajstić information content (AvgIpc) is 3.11. The van der Waals surface area contributed by atoms with E-state index in [9.17, 15) is 5.11 Å². The highest BCUT2D eigenvalue weighted by atomic mass is 16.7. The predicted octanol–water partition coefficient (Wildman–Crippen LogP) is 4.28. The second-order valence-corrected chi connectivity index (χ2v) is 10.2. The number of benzene rings is 2. The first-order valence-electron chi connectivity index (χ1n) is 12.3. The van der Waals surface area contributed by atoms with Gasteiger partial charge in [0.25, 0.3) is 0 Å². The number of nitrogens with zero attached hydrogens (tertiary/aromatic N) is 2. The number of hydrogen-bond donors (Lipinski definition) is 1. The third-order valence-corrected chi connectivity index (χ3v) is 8.61. The smallest absolute Gasteiger partial charge is 0.162 e. The number of aryl methyl sites for hydroxylation is 1. The molecule has 6 rings (SSSR count). The maximum atomic E-state index is 10.8. The van der Waals surface area contributed by atoms with E-state index in [1.54, 1.807) is 7.11 Å². The fourth-order valence-corrected chi connectivity index (χ4v) is 7.24. The van der Waals surface area contributed by atoms with E-state index in [1.165, 1.54) is 27.7 Å². The average molecular weight is 447 g/mol. The number of rotatable bonds is 4. The largest absolute Gasteiger partial charge is 0.393 e. The molecular weight excluding hydrogens is 412 g/mol. The SMILES string of the molecule is CO[C@H]1OC[C@@H]2[C@@H](C[C@H]3c4c(c5ccccc5n4C)C[C@@H]2N3Cc2ccccc2)C1C(C)O. The first-order chi connectivity index (χ1) is 16.1. The maximum absolute atomic E-state index is 10.8. The number of para-hydroxylation sites is 1. The minimum atomic E-state index is -0.462. The van der Waals surface area contributed by atoms with E-state index in [1.807, 2.05) is 6.92 Å². The van der Waals surface area contributed by atoms with Crippen LogP contribution in [0, 0.1) is 17.8 Å². The number of ether oxygens (including phenoxy) is 2. The van der Waals surface area contributed by atoms with E-state index in [2.05, 4.69) is 71.1 Å². The number of aromatic nitrogens is 1. The van der Waals surface area contributed by atoms with Crippen molar-refractivity contribution in [3.05, 3.63) is 71.4 Å². The van der Waals surface area contributed by atoms with E-state index < -0.39 is 6.10 Å². The lowest BCUT2D eigenvalue weighted by atomic mass is 9.64. The van der Waals surface area contributed by atoms with Crippen molar-refractivity contribution in [1.82, 2.24) is 9.47 Å². The second kappa shape index (κ2) is 8.24. The fraction of sp³-hybridized carbons (Fsp3) is 0.500. The molecule has 2 unspecified atom stereocenters. The summed E-state index contributed by atoms with van der Waals surface area (Å²) in [7, 11) is 3.93. The van der Waals surface area contributed by atoms with Gasteiger partial charge in [0.1, 0.15) is 0 Å². The van der Waals surface area contributed by atoms with Gasteiger partial charge in [-0.05, 0) is 42.9 Å². The Morgan fingerprint density at radius 3 is 2.61 bits per heavy atom. The third kappa shape index (κ3) is 3.28. The highest BCUT2D eigenvalue weighted by Gasteiger charge is 2.54. The molecule has 4 heterocycles. The van der Waals surface area contributed by atoms with Gasteiger partial charge in [-0.25, -0.2) is 0 Å². The van der Waals surface area contributed by atoms with Crippen molar-refractivity contribution < 1.29 is 14.6 Å². The van der Waals surface area contributed by atoms with Gasteiger partial charge in [0.15, 0.2) is 6.29 Å². The molecule has 3 aliphatic rings. The van der Waals surface area contributed by atoms with Gasteiger partial charge in [0.05, 0.1) is 18.8 Å². The lowest BCUT2D eigenvalue weighted by Gasteiger charge is -2.57. The summed E-state index contributed by atoms with van der Waals surface area (Å²) in [6.45, 7) is 3.53. The molecule has 2 fully saturated rings. The molecule has 0 radical (unpaired) electrons. The summed E-state index contributed by atoms with van der Waals surface area (Å²) in [4.78, 5) is 2.73. The van der Waals surface area contributed by atoms with Crippen molar-refractivity contribution in [1.29, 1.82) is 0 Å². The van der Waals surface area contributed by atoms with Crippen LogP contribution in [0.3, 0.4) is 0 Å². The standard InChI is InChI=1S/C28H34N2O3/c1-17(31)26-20-13-25-27-21(19-11-7-8-12-23(19)29(27)2)14-24(22(20)16-33-28(26)32-3)30(25)15-18-9-5-4-6-10-18/h4-12,17,20,22,24-26,28,31H,13-16H2,1-3H3/t17?,20-,22-,24+,25+,26?,28+/m1/s1. The Hall–Kier alpha value is -2.18. The fourth-order valence-electron chi connectivity index (χ4n) is 7.24. The third-order valence-electron chi connectivity index (χ3n) is 8.61. The molecule has 2 saturated heterocycles. The van der Waals surface area contributed by atoms with Gasteiger partial charge in [-0.15, -0.1) is 0 Å². The summed E-state index contributed by atoms with van der Waals surface area (Å²) in [5.74, 6) is 0.744. The Morgan fingerprint density at radius 2 is 1.85 bits per heavy atom. The van der Waals surface area contributed by atoms with Crippen LogP contribution < -0.4 is 0 Å². The van der Waals surface area contributed by atoms with Crippen molar-refractivity contribution in [2.45, 2.75) is 50.8 Å². The van der Waals surface area contributed by atoms with Crippen LogP contribution in [0.2, 0.25) is 0 Å². The Labute approximate surface area is 195 Å². The van der Waals surface area contributed by atoms with Gasteiger partial charge in [0.2, 0.25) is 0 Å². The first-order valence-corrected chi connectivity index (χ1v) is 12.3. The number of aliphatic hydroxyl groups is 1. The van der Waals surface area contributed by atoms with Crippen LogP contribution in [-0.2, 0) is 29.5 Å². The molecule has 3 aromatic rings. The second-order valence-electron chi connectivity index (χ2n) is 10.2. The molecule has 1 aromatic heterocycles.